The van der Waals surface area contributed by atoms with E-state index in [1.165, 1.54) is 11.8 Å². The van der Waals surface area contributed by atoms with Gasteiger partial charge in [-0.2, -0.15) is 0 Å². The van der Waals surface area contributed by atoms with Gasteiger partial charge in [0.05, 0.1) is 19.0 Å². The van der Waals surface area contributed by atoms with Gasteiger partial charge in [0.2, 0.25) is 11.9 Å². The SMILES string of the molecule is Cc1cc(NC(=O)CSc2nnc(N3CCOCC3)n2CC(C)C)no1. The number of hydrogen-bond acceptors (Lipinski definition) is 8. The van der Waals surface area contributed by atoms with Crippen molar-refractivity contribution in [2.75, 3.05) is 42.3 Å². The maximum atomic E-state index is 12.1. The third kappa shape index (κ3) is 4.76. The lowest BCUT2D eigenvalue weighted by Gasteiger charge is -2.28. The van der Waals surface area contributed by atoms with E-state index < -0.39 is 0 Å². The van der Waals surface area contributed by atoms with Crippen LogP contribution < -0.4 is 10.2 Å². The quantitative estimate of drug-likeness (QED) is 0.726. The van der Waals surface area contributed by atoms with E-state index >= 15 is 0 Å². The molecule has 2 aromatic rings. The van der Waals surface area contributed by atoms with Crippen molar-refractivity contribution in [3.8, 4) is 0 Å². The number of nitrogens with zero attached hydrogens (tertiary/aromatic N) is 5. The molecular weight excluding hydrogens is 356 g/mol. The van der Waals surface area contributed by atoms with Crippen LogP contribution in [0.25, 0.3) is 0 Å². The zero-order valence-corrected chi connectivity index (χ0v) is 16.1. The van der Waals surface area contributed by atoms with E-state index in [1.807, 2.05) is 0 Å². The lowest BCUT2D eigenvalue weighted by atomic mass is 10.2. The highest BCUT2D eigenvalue weighted by molar-refractivity contribution is 7.99. The van der Waals surface area contributed by atoms with Crippen LogP contribution in [0.2, 0.25) is 0 Å². The molecule has 1 N–H and O–H groups in total. The van der Waals surface area contributed by atoms with E-state index in [9.17, 15) is 4.79 Å². The van der Waals surface area contributed by atoms with Crippen LogP contribution in [-0.4, -0.2) is 57.9 Å². The summed E-state index contributed by atoms with van der Waals surface area (Å²) >= 11 is 1.37. The van der Waals surface area contributed by atoms with E-state index in [0.717, 1.165) is 30.7 Å². The van der Waals surface area contributed by atoms with E-state index in [4.69, 9.17) is 9.26 Å². The molecule has 0 aliphatic carbocycles. The number of hydrogen-bond donors (Lipinski definition) is 1. The molecule has 142 valence electrons. The summed E-state index contributed by atoms with van der Waals surface area (Å²) in [6.07, 6.45) is 0. The molecule has 1 saturated heterocycles. The maximum absolute atomic E-state index is 12.1. The van der Waals surface area contributed by atoms with Crippen LogP contribution in [0, 0.1) is 12.8 Å². The Kier molecular flexibility index (Phi) is 6.15. The van der Waals surface area contributed by atoms with E-state index in [1.54, 1.807) is 13.0 Å². The number of thioether (sulfide) groups is 1. The Bertz CT molecular complexity index is 738. The maximum Gasteiger partial charge on any atom is 0.236 e. The molecule has 1 amide bonds. The topological polar surface area (TPSA) is 98.3 Å². The Labute approximate surface area is 156 Å². The fourth-order valence-electron chi connectivity index (χ4n) is 2.64. The Balaban J connectivity index is 1.66. The van der Waals surface area contributed by atoms with Gasteiger partial charge in [-0.15, -0.1) is 10.2 Å². The van der Waals surface area contributed by atoms with E-state index in [-0.39, 0.29) is 11.7 Å². The molecule has 1 aliphatic heterocycles. The molecular formula is C16H24N6O3S. The second-order valence-corrected chi connectivity index (χ2v) is 7.49. The van der Waals surface area contributed by atoms with Crippen molar-refractivity contribution in [3.63, 3.8) is 0 Å². The first-order valence-corrected chi connectivity index (χ1v) is 9.63. The third-order valence-corrected chi connectivity index (χ3v) is 4.73. The van der Waals surface area contributed by atoms with Crippen molar-refractivity contribution in [1.82, 2.24) is 19.9 Å². The molecule has 9 nitrogen and oxygen atoms in total. The van der Waals surface area contributed by atoms with Gasteiger partial charge in [0.15, 0.2) is 11.0 Å². The molecule has 1 aliphatic rings. The van der Waals surface area contributed by atoms with Crippen LogP contribution in [-0.2, 0) is 16.1 Å². The Morgan fingerprint density at radius 3 is 2.77 bits per heavy atom. The summed E-state index contributed by atoms with van der Waals surface area (Å²) in [4.78, 5) is 14.3. The Morgan fingerprint density at radius 1 is 1.35 bits per heavy atom. The fourth-order valence-corrected chi connectivity index (χ4v) is 3.39. The van der Waals surface area contributed by atoms with Crippen LogP contribution in [0.5, 0.6) is 0 Å². The molecule has 0 bridgehead atoms. The number of morpholine rings is 1. The molecule has 3 heterocycles. The summed E-state index contributed by atoms with van der Waals surface area (Å²) in [5.41, 5.74) is 0. The first kappa shape index (κ1) is 18.7. The number of aromatic nitrogens is 4. The van der Waals surface area contributed by atoms with Gasteiger partial charge in [-0.3, -0.25) is 9.36 Å². The van der Waals surface area contributed by atoms with Crippen molar-refractivity contribution >= 4 is 29.4 Å². The predicted molar refractivity (Wildman–Crippen MR) is 98.5 cm³/mol. The van der Waals surface area contributed by atoms with Crippen LogP contribution >= 0.6 is 11.8 Å². The minimum Gasteiger partial charge on any atom is -0.378 e. The van der Waals surface area contributed by atoms with Crippen molar-refractivity contribution in [2.45, 2.75) is 32.5 Å². The summed E-state index contributed by atoms with van der Waals surface area (Å²) < 4.78 is 12.5. The van der Waals surface area contributed by atoms with Gasteiger partial charge in [0.1, 0.15) is 5.76 Å². The fraction of sp³-hybridized carbons (Fsp3) is 0.625. The molecule has 0 unspecified atom stereocenters. The largest absolute Gasteiger partial charge is 0.378 e. The van der Waals surface area contributed by atoms with Gasteiger partial charge >= 0.3 is 0 Å². The summed E-state index contributed by atoms with van der Waals surface area (Å²) in [7, 11) is 0. The average Bonchev–Trinajstić information content (AvgIpc) is 3.19. The molecule has 0 radical (unpaired) electrons. The normalized spacial score (nSPS) is 14.8. The average molecular weight is 380 g/mol. The summed E-state index contributed by atoms with van der Waals surface area (Å²) in [5.74, 6) is 2.43. The van der Waals surface area contributed by atoms with Crippen molar-refractivity contribution in [1.29, 1.82) is 0 Å². The number of anilines is 2. The van der Waals surface area contributed by atoms with E-state index in [2.05, 4.69) is 44.0 Å². The van der Waals surface area contributed by atoms with Crippen LogP contribution in [0.15, 0.2) is 15.7 Å². The second-order valence-electron chi connectivity index (χ2n) is 6.55. The first-order valence-electron chi connectivity index (χ1n) is 8.65. The molecule has 10 heteroatoms. The van der Waals surface area contributed by atoms with Gasteiger partial charge in [-0.05, 0) is 12.8 Å². The molecule has 1 fully saturated rings. The smallest absolute Gasteiger partial charge is 0.236 e. The number of ether oxygens (including phenoxy) is 1. The Morgan fingerprint density at radius 2 is 2.12 bits per heavy atom. The highest BCUT2D eigenvalue weighted by Gasteiger charge is 2.21. The lowest BCUT2D eigenvalue weighted by molar-refractivity contribution is -0.113. The van der Waals surface area contributed by atoms with Gasteiger partial charge in [0, 0.05) is 25.7 Å². The van der Waals surface area contributed by atoms with E-state index in [0.29, 0.717) is 30.7 Å². The minimum absolute atomic E-state index is 0.157. The number of carbonyl (C=O) groups excluding carboxylic acids is 1. The molecule has 0 atom stereocenters. The number of nitrogens with one attached hydrogen (secondary N) is 1. The zero-order valence-electron chi connectivity index (χ0n) is 15.3. The van der Waals surface area contributed by atoms with Crippen LogP contribution in [0.1, 0.15) is 19.6 Å². The molecule has 3 rings (SSSR count). The summed E-state index contributed by atoms with van der Waals surface area (Å²) in [5, 5.41) is 15.9. The standard InChI is InChI=1S/C16H24N6O3S/c1-11(2)9-22-15(21-4-6-24-7-5-21)18-19-16(22)26-10-14(23)17-13-8-12(3)25-20-13/h8,11H,4-7,9-10H2,1-3H3,(H,17,20,23). The second kappa shape index (κ2) is 8.54. The van der Waals surface area contributed by atoms with Crippen LogP contribution in [0.3, 0.4) is 0 Å². The summed E-state index contributed by atoms with van der Waals surface area (Å²) in [6, 6.07) is 1.68. The first-order chi connectivity index (χ1) is 12.5. The lowest BCUT2D eigenvalue weighted by Crippen LogP contribution is -2.38. The van der Waals surface area contributed by atoms with Gasteiger partial charge in [-0.25, -0.2) is 0 Å². The van der Waals surface area contributed by atoms with Gasteiger partial charge < -0.3 is 19.5 Å². The van der Waals surface area contributed by atoms with Crippen molar-refractivity contribution < 1.29 is 14.1 Å². The molecule has 26 heavy (non-hydrogen) atoms. The molecule has 0 saturated carbocycles. The van der Waals surface area contributed by atoms with Gasteiger partial charge in [-0.1, -0.05) is 30.8 Å². The minimum atomic E-state index is -0.157. The third-order valence-electron chi connectivity index (χ3n) is 3.77. The van der Waals surface area contributed by atoms with Crippen molar-refractivity contribution in [2.24, 2.45) is 5.92 Å². The number of amides is 1. The monoisotopic (exact) mass is 380 g/mol. The summed E-state index contributed by atoms with van der Waals surface area (Å²) in [6.45, 7) is 9.85. The van der Waals surface area contributed by atoms with Crippen LogP contribution in [0.4, 0.5) is 11.8 Å². The molecule has 0 aromatic carbocycles. The molecule has 2 aromatic heterocycles. The number of carbonyl (C=O) groups is 1. The predicted octanol–water partition coefficient (Wildman–Crippen LogP) is 1.80. The highest BCUT2D eigenvalue weighted by atomic mass is 32.2. The zero-order chi connectivity index (χ0) is 18.5. The Hall–Kier alpha value is -2.07. The van der Waals surface area contributed by atoms with Gasteiger partial charge in [0.25, 0.3) is 0 Å². The number of rotatable bonds is 7. The number of aryl methyl sites for hydroxylation is 1. The molecule has 0 spiro atoms. The van der Waals surface area contributed by atoms with Crippen molar-refractivity contribution in [3.05, 3.63) is 11.8 Å². The highest BCUT2D eigenvalue weighted by Crippen LogP contribution is 2.24.